The molecule has 144 valence electrons. The average Bonchev–Trinajstić information content (AvgIpc) is 3.10. The Morgan fingerprint density at radius 3 is 2.64 bits per heavy atom. The molecule has 1 aromatic heterocycles. The van der Waals surface area contributed by atoms with Crippen molar-refractivity contribution in [2.24, 2.45) is 0 Å². The first-order chi connectivity index (χ1) is 13.4. The molecule has 8 heteroatoms. The summed E-state index contributed by atoms with van der Waals surface area (Å²) in [4.78, 5) is 14.1. The Balaban J connectivity index is 1.62. The molecular formula is C20H16ClNO4S2. The Hall–Kier alpha value is -2.35. The fourth-order valence-electron chi connectivity index (χ4n) is 3.10. The summed E-state index contributed by atoms with van der Waals surface area (Å²) in [6.45, 7) is 0.366. The highest BCUT2D eigenvalue weighted by Crippen LogP contribution is 2.43. The van der Waals surface area contributed by atoms with E-state index in [0.29, 0.717) is 33.3 Å². The highest BCUT2D eigenvalue weighted by atomic mass is 35.5. The molecule has 1 aliphatic rings. The minimum atomic E-state index is -3.48. The Morgan fingerprint density at radius 2 is 1.93 bits per heavy atom. The van der Waals surface area contributed by atoms with E-state index in [-0.39, 0.29) is 16.6 Å². The van der Waals surface area contributed by atoms with E-state index >= 15 is 0 Å². The first-order valence-electron chi connectivity index (χ1n) is 8.44. The van der Waals surface area contributed by atoms with Crippen LogP contribution in [0.3, 0.4) is 0 Å². The second-order valence-corrected chi connectivity index (χ2v) is 9.84. The first kappa shape index (κ1) is 19.0. The van der Waals surface area contributed by atoms with E-state index in [0.717, 1.165) is 10.4 Å². The Labute approximate surface area is 171 Å². The van der Waals surface area contributed by atoms with Crippen LogP contribution in [0.2, 0.25) is 5.02 Å². The molecule has 0 saturated carbocycles. The molecule has 2 heterocycles. The van der Waals surface area contributed by atoms with Crippen molar-refractivity contribution in [1.82, 2.24) is 5.32 Å². The van der Waals surface area contributed by atoms with Crippen LogP contribution in [0.4, 0.5) is 0 Å². The highest BCUT2D eigenvalue weighted by Gasteiger charge is 2.31. The van der Waals surface area contributed by atoms with Gasteiger partial charge in [0.05, 0.1) is 22.6 Å². The number of rotatable bonds is 4. The molecule has 0 bridgehead atoms. The lowest BCUT2D eigenvalue weighted by Gasteiger charge is -2.17. The minimum absolute atomic E-state index is 0.122. The molecule has 1 N–H and O–H groups in total. The van der Waals surface area contributed by atoms with E-state index in [1.54, 1.807) is 30.3 Å². The van der Waals surface area contributed by atoms with E-state index in [4.69, 9.17) is 16.3 Å². The zero-order valence-corrected chi connectivity index (χ0v) is 17.2. The van der Waals surface area contributed by atoms with Crippen LogP contribution < -0.4 is 10.1 Å². The number of benzene rings is 2. The van der Waals surface area contributed by atoms with E-state index in [9.17, 15) is 13.2 Å². The Bertz CT molecular complexity index is 1170. The van der Waals surface area contributed by atoms with Crippen LogP contribution in [-0.4, -0.2) is 21.4 Å². The standard InChI is InChI=1S/C20H16ClNO4S2/c1-26-15-6-7-16-18(9-15)28(24,25)11-13-8-17(27-19(13)16)20(23)22-10-12-2-4-14(21)5-3-12/h2-9H,10-11H2,1H3,(H,22,23). The number of carbonyl (C=O) groups is 1. The third-order valence-corrected chi connectivity index (χ3v) is 7.67. The van der Waals surface area contributed by atoms with E-state index in [1.807, 2.05) is 12.1 Å². The predicted molar refractivity (Wildman–Crippen MR) is 110 cm³/mol. The number of nitrogens with one attached hydrogen (secondary N) is 1. The highest BCUT2D eigenvalue weighted by molar-refractivity contribution is 7.91. The van der Waals surface area contributed by atoms with Gasteiger partial charge in [-0.25, -0.2) is 8.42 Å². The molecule has 0 atom stereocenters. The third kappa shape index (κ3) is 3.53. The first-order valence-corrected chi connectivity index (χ1v) is 11.3. The van der Waals surface area contributed by atoms with Crippen molar-refractivity contribution in [2.75, 3.05) is 7.11 Å². The van der Waals surface area contributed by atoms with Gasteiger partial charge in [0.1, 0.15) is 5.75 Å². The predicted octanol–water partition coefficient (Wildman–Crippen LogP) is 4.29. The molecule has 28 heavy (non-hydrogen) atoms. The fourth-order valence-corrected chi connectivity index (χ4v) is 6.12. The lowest BCUT2D eigenvalue weighted by molar-refractivity contribution is 0.0955. The summed E-state index contributed by atoms with van der Waals surface area (Å²) in [5, 5.41) is 3.50. The summed E-state index contributed by atoms with van der Waals surface area (Å²) in [5.74, 6) is 0.133. The number of thiophene rings is 1. The summed E-state index contributed by atoms with van der Waals surface area (Å²) in [6, 6.07) is 13.9. The van der Waals surface area contributed by atoms with Crippen molar-refractivity contribution in [3.63, 3.8) is 0 Å². The molecule has 4 rings (SSSR count). The molecule has 0 saturated heterocycles. The van der Waals surface area contributed by atoms with Gasteiger partial charge in [0, 0.05) is 22.0 Å². The smallest absolute Gasteiger partial charge is 0.261 e. The van der Waals surface area contributed by atoms with Crippen LogP contribution in [0.15, 0.2) is 53.4 Å². The van der Waals surface area contributed by atoms with Crippen molar-refractivity contribution < 1.29 is 17.9 Å². The number of hydrogen-bond donors (Lipinski definition) is 1. The van der Waals surface area contributed by atoms with Gasteiger partial charge in [0.25, 0.3) is 5.91 Å². The molecule has 0 unspecified atom stereocenters. The van der Waals surface area contributed by atoms with E-state index < -0.39 is 9.84 Å². The maximum absolute atomic E-state index is 12.7. The second-order valence-electron chi connectivity index (χ2n) is 6.40. The molecule has 0 spiro atoms. The topological polar surface area (TPSA) is 72.5 Å². The molecule has 5 nitrogen and oxygen atoms in total. The van der Waals surface area contributed by atoms with Gasteiger partial charge in [0.15, 0.2) is 9.84 Å². The van der Waals surface area contributed by atoms with Crippen LogP contribution in [-0.2, 0) is 22.1 Å². The van der Waals surface area contributed by atoms with Crippen LogP contribution in [0.5, 0.6) is 5.75 Å². The van der Waals surface area contributed by atoms with Gasteiger partial charge in [-0.1, -0.05) is 23.7 Å². The van der Waals surface area contributed by atoms with Gasteiger partial charge in [-0.05, 0) is 47.5 Å². The number of halogens is 1. The van der Waals surface area contributed by atoms with Gasteiger partial charge in [-0.2, -0.15) is 0 Å². The van der Waals surface area contributed by atoms with Crippen molar-refractivity contribution in [3.8, 4) is 16.2 Å². The SMILES string of the molecule is COc1ccc2c(c1)S(=O)(=O)Cc1cc(C(=O)NCc3ccc(Cl)cc3)sc1-2. The summed E-state index contributed by atoms with van der Waals surface area (Å²) >= 11 is 7.17. The van der Waals surface area contributed by atoms with E-state index in [1.165, 1.54) is 24.5 Å². The maximum atomic E-state index is 12.7. The average molecular weight is 434 g/mol. The number of sulfone groups is 1. The molecule has 1 amide bonds. The number of fused-ring (bicyclic) bond motifs is 3. The second kappa shape index (κ2) is 7.24. The maximum Gasteiger partial charge on any atom is 0.261 e. The number of methoxy groups -OCH3 is 1. The molecule has 0 radical (unpaired) electrons. The van der Waals surface area contributed by atoms with Gasteiger partial charge < -0.3 is 10.1 Å². The van der Waals surface area contributed by atoms with Gasteiger partial charge in [-0.15, -0.1) is 11.3 Å². The van der Waals surface area contributed by atoms with Gasteiger partial charge in [-0.3, -0.25) is 4.79 Å². The molecule has 1 aliphatic heterocycles. The Kier molecular flexibility index (Phi) is 4.91. The molecule has 0 fully saturated rings. The van der Waals surface area contributed by atoms with Crippen molar-refractivity contribution in [3.05, 3.63) is 69.6 Å². The molecule has 0 aliphatic carbocycles. The summed E-state index contributed by atoms with van der Waals surface area (Å²) < 4.78 is 30.5. The van der Waals surface area contributed by atoms with Crippen molar-refractivity contribution >= 4 is 38.7 Å². The quantitative estimate of drug-likeness (QED) is 0.666. The molecule has 3 aromatic rings. The van der Waals surface area contributed by atoms with E-state index in [2.05, 4.69) is 5.32 Å². The van der Waals surface area contributed by atoms with Crippen LogP contribution in [0, 0.1) is 0 Å². The lowest BCUT2D eigenvalue weighted by Crippen LogP contribution is -2.21. The van der Waals surface area contributed by atoms with Crippen molar-refractivity contribution in [1.29, 1.82) is 0 Å². The normalized spacial score (nSPS) is 14.1. The number of amides is 1. The van der Waals surface area contributed by atoms with Gasteiger partial charge in [0.2, 0.25) is 0 Å². The Morgan fingerprint density at radius 1 is 1.18 bits per heavy atom. The lowest BCUT2D eigenvalue weighted by atomic mass is 10.1. The fraction of sp³-hybridized carbons (Fsp3) is 0.150. The summed E-state index contributed by atoms with van der Waals surface area (Å²) in [6.07, 6.45) is 0. The van der Waals surface area contributed by atoms with Crippen LogP contribution >= 0.6 is 22.9 Å². The zero-order chi connectivity index (χ0) is 19.9. The largest absolute Gasteiger partial charge is 0.497 e. The number of carbonyl (C=O) groups excluding carboxylic acids is 1. The summed E-state index contributed by atoms with van der Waals surface area (Å²) in [5.41, 5.74) is 2.20. The monoisotopic (exact) mass is 433 g/mol. The zero-order valence-electron chi connectivity index (χ0n) is 14.9. The number of ether oxygens (including phenoxy) is 1. The molecular weight excluding hydrogens is 418 g/mol. The van der Waals surface area contributed by atoms with Crippen LogP contribution in [0.1, 0.15) is 20.8 Å². The third-order valence-electron chi connectivity index (χ3n) is 4.51. The minimum Gasteiger partial charge on any atom is -0.497 e. The number of hydrogen-bond acceptors (Lipinski definition) is 5. The van der Waals surface area contributed by atoms with Crippen LogP contribution in [0.25, 0.3) is 10.4 Å². The molecule has 2 aromatic carbocycles. The van der Waals surface area contributed by atoms with Crippen molar-refractivity contribution in [2.45, 2.75) is 17.2 Å². The summed E-state index contributed by atoms with van der Waals surface area (Å²) in [7, 11) is -1.98. The van der Waals surface area contributed by atoms with Gasteiger partial charge >= 0.3 is 0 Å².